The molecule has 1 saturated heterocycles. The Morgan fingerprint density at radius 2 is 1.95 bits per heavy atom. The van der Waals surface area contributed by atoms with Gasteiger partial charge in [-0.25, -0.2) is 0 Å². The quantitative estimate of drug-likeness (QED) is 0.877. The van der Waals surface area contributed by atoms with Crippen molar-refractivity contribution in [3.8, 4) is 0 Å². The van der Waals surface area contributed by atoms with Crippen LogP contribution in [0.1, 0.15) is 36.8 Å². The molecule has 1 aliphatic rings. The average molecular weight is 304 g/mol. The minimum absolute atomic E-state index is 0.0255. The number of aliphatic carboxylic acids is 1. The minimum atomic E-state index is -0.820. The van der Waals surface area contributed by atoms with Gasteiger partial charge in [-0.3, -0.25) is 14.5 Å². The molecule has 120 valence electrons. The smallest absolute Gasteiger partial charge is 0.304 e. The van der Waals surface area contributed by atoms with E-state index in [-0.39, 0.29) is 18.4 Å². The molecule has 0 spiro atoms. The number of amides is 1. The molecule has 2 rings (SSSR count). The number of carboxylic acids is 1. The summed E-state index contributed by atoms with van der Waals surface area (Å²) in [4.78, 5) is 25.4. The molecule has 1 unspecified atom stereocenters. The fraction of sp³-hybridized carbons (Fsp3) is 0.529. The van der Waals surface area contributed by atoms with E-state index in [1.54, 1.807) is 0 Å². The van der Waals surface area contributed by atoms with E-state index < -0.39 is 5.97 Å². The first kappa shape index (κ1) is 16.5. The summed E-state index contributed by atoms with van der Waals surface area (Å²) in [6.07, 6.45) is 2.89. The van der Waals surface area contributed by atoms with Crippen LogP contribution in [-0.4, -0.2) is 41.0 Å². The molecule has 1 aromatic rings. The van der Waals surface area contributed by atoms with Crippen molar-refractivity contribution < 1.29 is 14.7 Å². The molecule has 0 saturated carbocycles. The fourth-order valence-corrected chi connectivity index (χ4v) is 3.01. The Morgan fingerprint density at radius 3 is 2.59 bits per heavy atom. The van der Waals surface area contributed by atoms with E-state index in [1.165, 1.54) is 0 Å². The average Bonchev–Trinajstić information content (AvgIpc) is 2.49. The van der Waals surface area contributed by atoms with Gasteiger partial charge in [-0.15, -0.1) is 0 Å². The molecule has 1 atom stereocenters. The molecule has 5 heteroatoms. The summed E-state index contributed by atoms with van der Waals surface area (Å²) in [5.41, 5.74) is 2.96. The van der Waals surface area contributed by atoms with E-state index in [4.69, 9.17) is 5.11 Å². The zero-order chi connectivity index (χ0) is 16.1. The lowest BCUT2D eigenvalue weighted by Crippen LogP contribution is -2.47. The van der Waals surface area contributed by atoms with Crippen LogP contribution in [0.2, 0.25) is 0 Å². The summed E-state index contributed by atoms with van der Waals surface area (Å²) in [5.74, 6) is -0.845. The summed E-state index contributed by atoms with van der Waals surface area (Å²) in [5, 5.41) is 11.9. The second-order valence-corrected chi connectivity index (χ2v) is 5.95. The van der Waals surface area contributed by atoms with Gasteiger partial charge in [-0.2, -0.15) is 0 Å². The van der Waals surface area contributed by atoms with Gasteiger partial charge in [-0.05, 0) is 44.4 Å². The highest BCUT2D eigenvalue weighted by molar-refractivity contribution is 5.96. The molecule has 5 nitrogen and oxygen atoms in total. The van der Waals surface area contributed by atoms with Gasteiger partial charge in [0.1, 0.15) is 0 Å². The van der Waals surface area contributed by atoms with E-state index in [0.717, 1.165) is 42.6 Å². The Bertz CT molecular complexity index is 537. The maximum atomic E-state index is 12.6. The van der Waals surface area contributed by atoms with Crippen molar-refractivity contribution in [3.63, 3.8) is 0 Å². The van der Waals surface area contributed by atoms with Crippen LogP contribution in [0.5, 0.6) is 0 Å². The van der Waals surface area contributed by atoms with Crippen LogP contribution >= 0.6 is 0 Å². The Hall–Kier alpha value is -1.88. The third-order valence-corrected chi connectivity index (χ3v) is 4.26. The number of aryl methyl sites for hydroxylation is 2. The van der Waals surface area contributed by atoms with E-state index in [2.05, 4.69) is 5.32 Å². The third-order valence-electron chi connectivity index (χ3n) is 4.26. The zero-order valence-electron chi connectivity index (χ0n) is 13.3. The van der Waals surface area contributed by atoms with Crippen molar-refractivity contribution in [2.75, 3.05) is 18.4 Å². The molecule has 0 aliphatic carbocycles. The second-order valence-electron chi connectivity index (χ2n) is 5.95. The lowest BCUT2D eigenvalue weighted by atomic mass is 10.0. The summed E-state index contributed by atoms with van der Waals surface area (Å²) in [6.45, 7) is 5.18. The van der Waals surface area contributed by atoms with Gasteiger partial charge in [0.2, 0.25) is 5.91 Å². The molecule has 1 heterocycles. The Labute approximate surface area is 131 Å². The van der Waals surface area contributed by atoms with Gasteiger partial charge < -0.3 is 10.4 Å². The van der Waals surface area contributed by atoms with Gasteiger partial charge in [0, 0.05) is 12.2 Å². The lowest BCUT2D eigenvalue weighted by Gasteiger charge is -2.34. The van der Waals surface area contributed by atoms with E-state index >= 15 is 0 Å². The number of carbonyl (C=O) groups excluding carboxylic acids is 1. The van der Waals surface area contributed by atoms with E-state index in [9.17, 15) is 9.59 Å². The van der Waals surface area contributed by atoms with Crippen LogP contribution in [0.25, 0.3) is 0 Å². The largest absolute Gasteiger partial charge is 0.481 e. The molecule has 1 aromatic carbocycles. The molecule has 2 N–H and O–H groups in total. The molecular formula is C17H24N2O3. The molecule has 1 aliphatic heterocycles. The highest BCUT2D eigenvalue weighted by Crippen LogP contribution is 2.23. The molecule has 22 heavy (non-hydrogen) atoms. The van der Waals surface area contributed by atoms with Gasteiger partial charge in [0.25, 0.3) is 0 Å². The molecule has 1 amide bonds. The second kappa shape index (κ2) is 7.40. The van der Waals surface area contributed by atoms with Gasteiger partial charge in [0.05, 0.1) is 12.5 Å². The summed E-state index contributed by atoms with van der Waals surface area (Å²) in [7, 11) is 0. The first-order valence-electron chi connectivity index (χ1n) is 7.82. The van der Waals surface area contributed by atoms with Crippen molar-refractivity contribution >= 4 is 17.6 Å². The molecule has 0 bridgehead atoms. The molecular weight excluding hydrogens is 280 g/mol. The van der Waals surface area contributed by atoms with E-state index in [1.807, 2.05) is 36.9 Å². The SMILES string of the molecule is Cc1cccc(C)c1NC(=O)C1CCCCN1CCC(=O)O. The van der Waals surface area contributed by atoms with Crippen LogP contribution < -0.4 is 5.32 Å². The first-order valence-corrected chi connectivity index (χ1v) is 7.82. The van der Waals surface area contributed by atoms with Crippen LogP contribution in [0.15, 0.2) is 18.2 Å². The number of rotatable bonds is 5. The number of nitrogens with zero attached hydrogens (tertiary/aromatic N) is 1. The number of hydrogen-bond donors (Lipinski definition) is 2. The molecule has 0 aromatic heterocycles. The van der Waals surface area contributed by atoms with Crippen molar-refractivity contribution in [3.05, 3.63) is 29.3 Å². The van der Waals surface area contributed by atoms with Crippen molar-refractivity contribution in [1.29, 1.82) is 0 Å². The summed E-state index contributed by atoms with van der Waals surface area (Å²) >= 11 is 0. The van der Waals surface area contributed by atoms with Gasteiger partial charge >= 0.3 is 5.97 Å². The molecule has 0 radical (unpaired) electrons. The predicted molar refractivity (Wildman–Crippen MR) is 86.0 cm³/mol. The Kier molecular flexibility index (Phi) is 5.55. The summed E-state index contributed by atoms with van der Waals surface area (Å²) < 4.78 is 0. The Balaban J connectivity index is 2.07. The van der Waals surface area contributed by atoms with Crippen LogP contribution in [0.4, 0.5) is 5.69 Å². The normalized spacial score (nSPS) is 18.9. The van der Waals surface area contributed by atoms with Crippen molar-refractivity contribution in [1.82, 2.24) is 4.90 Å². The highest BCUT2D eigenvalue weighted by atomic mass is 16.4. The van der Waals surface area contributed by atoms with Gasteiger partial charge in [-0.1, -0.05) is 24.6 Å². The van der Waals surface area contributed by atoms with Crippen molar-refractivity contribution in [2.24, 2.45) is 0 Å². The number of likely N-dealkylation sites (tertiary alicyclic amines) is 1. The highest BCUT2D eigenvalue weighted by Gasteiger charge is 2.29. The fourth-order valence-electron chi connectivity index (χ4n) is 3.01. The number of piperidine rings is 1. The van der Waals surface area contributed by atoms with Gasteiger partial charge in [0.15, 0.2) is 0 Å². The predicted octanol–water partition coefficient (Wildman–Crippen LogP) is 2.57. The van der Waals surface area contributed by atoms with Crippen LogP contribution in [0.3, 0.4) is 0 Å². The number of para-hydroxylation sites is 1. The number of benzene rings is 1. The number of nitrogens with one attached hydrogen (secondary N) is 1. The number of carboxylic acid groups (broad SMARTS) is 1. The van der Waals surface area contributed by atoms with Crippen LogP contribution in [-0.2, 0) is 9.59 Å². The zero-order valence-corrected chi connectivity index (χ0v) is 13.3. The monoisotopic (exact) mass is 304 g/mol. The van der Waals surface area contributed by atoms with Crippen molar-refractivity contribution in [2.45, 2.75) is 45.6 Å². The van der Waals surface area contributed by atoms with E-state index in [0.29, 0.717) is 6.54 Å². The first-order chi connectivity index (χ1) is 10.5. The number of hydrogen-bond acceptors (Lipinski definition) is 3. The topological polar surface area (TPSA) is 69.6 Å². The van der Waals surface area contributed by atoms with Crippen LogP contribution in [0, 0.1) is 13.8 Å². The maximum absolute atomic E-state index is 12.6. The lowest BCUT2D eigenvalue weighted by molar-refractivity contribution is -0.138. The summed E-state index contributed by atoms with van der Waals surface area (Å²) in [6, 6.07) is 5.70. The molecule has 1 fully saturated rings. The maximum Gasteiger partial charge on any atom is 0.304 e. The third kappa shape index (κ3) is 4.07. The number of anilines is 1. The standard InChI is InChI=1S/C17H24N2O3/c1-12-6-5-7-13(2)16(12)18-17(22)14-8-3-4-10-19(14)11-9-15(20)21/h5-7,14H,3-4,8-11H2,1-2H3,(H,18,22)(H,20,21). The number of carbonyl (C=O) groups is 2. The minimum Gasteiger partial charge on any atom is -0.481 e. The Morgan fingerprint density at radius 1 is 1.27 bits per heavy atom.